The van der Waals surface area contributed by atoms with Gasteiger partial charge in [-0.15, -0.1) is 0 Å². The Hall–Kier alpha value is -1.87. The number of aromatic nitrogens is 2. The molecule has 0 radical (unpaired) electrons. The molecule has 0 amide bonds. The Morgan fingerprint density at radius 3 is 2.50 bits per heavy atom. The van der Waals surface area contributed by atoms with Crippen molar-refractivity contribution in [2.24, 2.45) is 0 Å². The molecule has 1 N–H and O–H groups in total. The van der Waals surface area contributed by atoms with E-state index in [9.17, 15) is 31.9 Å². The van der Waals surface area contributed by atoms with Gasteiger partial charge in [-0.25, -0.2) is 9.48 Å². The molecule has 1 aromatic rings. The molecule has 0 aliphatic carbocycles. The van der Waals surface area contributed by atoms with Crippen LogP contribution in [0.5, 0.6) is 5.88 Å². The van der Waals surface area contributed by atoms with Crippen molar-refractivity contribution in [2.75, 3.05) is 6.61 Å². The van der Waals surface area contributed by atoms with Gasteiger partial charge in [0.15, 0.2) is 5.69 Å². The molecule has 114 valence electrons. The number of aromatic hydroxyl groups is 1. The maximum absolute atomic E-state index is 12.7. The van der Waals surface area contributed by atoms with Gasteiger partial charge in [0.05, 0.1) is 13.2 Å². The van der Waals surface area contributed by atoms with E-state index in [1.807, 2.05) is 0 Å². The highest BCUT2D eigenvalue weighted by Crippen LogP contribution is 2.38. The average molecular weight is 302 g/mol. The van der Waals surface area contributed by atoms with Crippen molar-refractivity contribution >= 4 is 5.97 Å². The summed E-state index contributed by atoms with van der Waals surface area (Å²) in [6.07, 6.45) is -7.28. The summed E-state index contributed by atoms with van der Waals surface area (Å²) in [6, 6.07) is 0.823. The molecule has 0 atom stereocenters. The summed E-state index contributed by atoms with van der Waals surface area (Å²) in [6.45, 7) is 0.634. The number of aryl methyl sites for hydroxylation is 1. The molecule has 1 rings (SSSR count). The van der Waals surface area contributed by atoms with E-state index in [-0.39, 0.29) is 12.3 Å². The minimum atomic E-state index is -5.68. The van der Waals surface area contributed by atoms with Gasteiger partial charge in [-0.2, -0.15) is 27.1 Å². The molecule has 0 saturated carbocycles. The maximum Gasteiger partial charge on any atom is 0.453 e. The van der Waals surface area contributed by atoms with E-state index in [0.717, 1.165) is 6.07 Å². The number of halogens is 5. The lowest BCUT2D eigenvalue weighted by atomic mass is 10.2. The van der Waals surface area contributed by atoms with Crippen LogP contribution < -0.4 is 0 Å². The van der Waals surface area contributed by atoms with Crippen LogP contribution in [0.4, 0.5) is 22.0 Å². The number of carbonyl (C=O) groups is 1. The molecule has 0 bridgehead atoms. The van der Waals surface area contributed by atoms with Crippen LogP contribution in [0.2, 0.25) is 0 Å². The predicted octanol–water partition coefficient (Wildman–Crippen LogP) is 2.35. The minimum Gasteiger partial charge on any atom is -0.493 e. The third-order valence-corrected chi connectivity index (χ3v) is 2.30. The number of rotatable bonds is 5. The summed E-state index contributed by atoms with van der Waals surface area (Å²) in [5.41, 5.74) is -0.375. The minimum absolute atomic E-state index is 0.0264. The fourth-order valence-corrected chi connectivity index (χ4v) is 1.26. The number of nitrogens with zero attached hydrogens (tertiary/aromatic N) is 2. The third kappa shape index (κ3) is 3.58. The Morgan fingerprint density at radius 1 is 1.40 bits per heavy atom. The molecule has 10 heteroatoms. The summed E-state index contributed by atoms with van der Waals surface area (Å²) >= 11 is 0. The van der Waals surface area contributed by atoms with E-state index >= 15 is 0 Å². The van der Waals surface area contributed by atoms with Gasteiger partial charge >= 0.3 is 18.1 Å². The van der Waals surface area contributed by atoms with Gasteiger partial charge in [0, 0.05) is 12.5 Å². The molecular weight excluding hydrogens is 291 g/mol. The third-order valence-electron chi connectivity index (χ3n) is 2.30. The van der Waals surface area contributed by atoms with Crippen molar-refractivity contribution in [1.29, 1.82) is 0 Å². The maximum atomic E-state index is 12.7. The number of hydrogen-bond donors (Lipinski definition) is 1. The van der Waals surface area contributed by atoms with Gasteiger partial charge in [-0.05, 0) is 6.92 Å². The van der Waals surface area contributed by atoms with Crippen LogP contribution in [0.3, 0.4) is 0 Å². The quantitative estimate of drug-likeness (QED) is 0.670. The largest absolute Gasteiger partial charge is 0.493 e. The summed E-state index contributed by atoms with van der Waals surface area (Å²) in [4.78, 5) is 11.2. The van der Waals surface area contributed by atoms with Crippen LogP contribution in [0.1, 0.15) is 23.8 Å². The summed E-state index contributed by atoms with van der Waals surface area (Å²) in [5, 5.41) is 12.7. The van der Waals surface area contributed by atoms with Crippen molar-refractivity contribution < 1.29 is 36.6 Å². The second-order valence-electron chi connectivity index (χ2n) is 3.78. The molecule has 0 aromatic carbocycles. The summed E-state index contributed by atoms with van der Waals surface area (Å²) in [5.74, 6) is -6.52. The van der Waals surface area contributed by atoms with Gasteiger partial charge in [-0.3, -0.25) is 0 Å². The highest BCUT2D eigenvalue weighted by molar-refractivity contribution is 5.87. The number of carbonyl (C=O) groups excluding carboxylic acids is 1. The van der Waals surface area contributed by atoms with Crippen molar-refractivity contribution in [3.63, 3.8) is 0 Å². The molecule has 0 aliphatic rings. The van der Waals surface area contributed by atoms with Gasteiger partial charge < -0.3 is 9.84 Å². The van der Waals surface area contributed by atoms with Crippen LogP contribution in [0.15, 0.2) is 6.07 Å². The first-order valence-corrected chi connectivity index (χ1v) is 5.47. The highest BCUT2D eigenvalue weighted by atomic mass is 19.4. The van der Waals surface area contributed by atoms with Crippen LogP contribution in [0.25, 0.3) is 0 Å². The van der Waals surface area contributed by atoms with E-state index in [0.29, 0.717) is 4.68 Å². The monoisotopic (exact) mass is 302 g/mol. The SMILES string of the molecule is CCOC(=O)c1cc(O)n(CCC(F)(F)C(F)(F)F)n1. The van der Waals surface area contributed by atoms with Crippen molar-refractivity contribution in [1.82, 2.24) is 9.78 Å². The molecule has 20 heavy (non-hydrogen) atoms. The summed E-state index contributed by atoms with van der Waals surface area (Å²) < 4.78 is 66.3. The fourth-order valence-electron chi connectivity index (χ4n) is 1.26. The molecule has 0 fully saturated rings. The first-order chi connectivity index (χ1) is 9.08. The normalized spacial score (nSPS) is 12.5. The Bertz CT molecular complexity index is 484. The zero-order chi connectivity index (χ0) is 15.6. The molecule has 0 spiro atoms. The van der Waals surface area contributed by atoms with Crippen LogP contribution >= 0.6 is 0 Å². The van der Waals surface area contributed by atoms with Crippen LogP contribution in [-0.2, 0) is 11.3 Å². The number of alkyl halides is 5. The first-order valence-electron chi connectivity index (χ1n) is 5.47. The molecule has 0 aliphatic heterocycles. The van der Waals surface area contributed by atoms with Crippen LogP contribution in [0, 0.1) is 0 Å². The van der Waals surface area contributed by atoms with E-state index in [4.69, 9.17) is 0 Å². The van der Waals surface area contributed by atoms with E-state index in [2.05, 4.69) is 9.84 Å². The molecule has 0 unspecified atom stereocenters. The standard InChI is InChI=1S/C10H11F5N2O3/c1-2-20-8(19)6-5-7(18)17(16-6)4-3-9(11,12)10(13,14)15/h5,18H,2-4H2,1H3. The Labute approximate surface area is 109 Å². The number of ether oxygens (including phenoxy) is 1. The number of hydrogen-bond acceptors (Lipinski definition) is 4. The first kappa shape index (κ1) is 16.2. The molecule has 5 nitrogen and oxygen atoms in total. The predicted molar refractivity (Wildman–Crippen MR) is 55.5 cm³/mol. The molecule has 0 saturated heterocycles. The van der Waals surface area contributed by atoms with Crippen molar-refractivity contribution in [3.8, 4) is 5.88 Å². The molecule has 1 aromatic heterocycles. The fraction of sp³-hybridized carbons (Fsp3) is 0.600. The van der Waals surface area contributed by atoms with Gasteiger partial charge in [-0.1, -0.05) is 0 Å². The zero-order valence-corrected chi connectivity index (χ0v) is 10.2. The van der Waals surface area contributed by atoms with Gasteiger partial charge in [0.2, 0.25) is 5.88 Å². The molecular formula is C10H11F5N2O3. The second kappa shape index (κ2) is 5.63. The highest BCUT2D eigenvalue weighted by Gasteiger charge is 2.56. The van der Waals surface area contributed by atoms with E-state index < -0.39 is 36.9 Å². The Kier molecular flexibility index (Phi) is 4.56. The lowest BCUT2D eigenvalue weighted by Crippen LogP contribution is -2.37. The van der Waals surface area contributed by atoms with E-state index in [1.165, 1.54) is 6.92 Å². The van der Waals surface area contributed by atoms with Gasteiger partial charge in [0.25, 0.3) is 0 Å². The topological polar surface area (TPSA) is 64.3 Å². The second-order valence-corrected chi connectivity index (χ2v) is 3.78. The zero-order valence-electron chi connectivity index (χ0n) is 10.2. The Balaban J connectivity index is 2.77. The lowest BCUT2D eigenvalue weighted by molar-refractivity contribution is -0.285. The van der Waals surface area contributed by atoms with Gasteiger partial charge in [0.1, 0.15) is 0 Å². The van der Waals surface area contributed by atoms with Crippen molar-refractivity contribution in [3.05, 3.63) is 11.8 Å². The average Bonchev–Trinajstić information content (AvgIpc) is 2.67. The lowest BCUT2D eigenvalue weighted by Gasteiger charge is -2.19. The smallest absolute Gasteiger partial charge is 0.453 e. The molecule has 1 heterocycles. The number of esters is 1. The van der Waals surface area contributed by atoms with Crippen LogP contribution in [-0.4, -0.2) is 39.6 Å². The Morgan fingerprint density at radius 2 is 2.00 bits per heavy atom. The van der Waals surface area contributed by atoms with E-state index in [1.54, 1.807) is 0 Å². The summed E-state index contributed by atoms with van der Waals surface area (Å²) in [7, 11) is 0. The van der Waals surface area contributed by atoms with Crippen molar-refractivity contribution in [2.45, 2.75) is 32.0 Å².